The van der Waals surface area contributed by atoms with E-state index in [1.807, 2.05) is 12.1 Å². The molecule has 0 amide bonds. The lowest BCUT2D eigenvalue weighted by atomic mass is 10.4. The summed E-state index contributed by atoms with van der Waals surface area (Å²) in [7, 11) is 0. The normalized spacial score (nSPS) is 10.1. The second kappa shape index (κ2) is 3.91. The Bertz CT molecular complexity index is 490. The quantitative estimate of drug-likeness (QED) is 0.753. The van der Waals surface area contributed by atoms with Gasteiger partial charge in [0.25, 0.3) is 5.56 Å². The molecule has 0 fully saturated rings. The van der Waals surface area contributed by atoms with Gasteiger partial charge in [-0.15, -0.1) is 0 Å². The van der Waals surface area contributed by atoms with E-state index in [4.69, 9.17) is 0 Å². The van der Waals surface area contributed by atoms with E-state index in [2.05, 4.69) is 27.6 Å². The van der Waals surface area contributed by atoms with E-state index in [0.717, 1.165) is 3.57 Å². The third kappa shape index (κ3) is 1.84. The molecule has 0 spiro atoms. The summed E-state index contributed by atoms with van der Waals surface area (Å²) >= 11 is 2.17. The second-order valence-electron chi connectivity index (χ2n) is 2.74. The summed E-state index contributed by atoms with van der Waals surface area (Å²) in [5.74, 6) is 0.649. The first-order chi connectivity index (χ1) is 6.77. The Hall–Kier alpha value is -1.17. The van der Waals surface area contributed by atoms with Crippen molar-refractivity contribution in [2.45, 2.75) is 0 Å². The van der Waals surface area contributed by atoms with Gasteiger partial charge in [-0.1, -0.05) is 6.07 Å². The minimum atomic E-state index is -0.0683. The lowest BCUT2D eigenvalue weighted by Gasteiger charge is -2.02. The number of pyridine rings is 2. The molecule has 0 saturated carbocycles. The van der Waals surface area contributed by atoms with E-state index in [0.29, 0.717) is 5.82 Å². The van der Waals surface area contributed by atoms with Gasteiger partial charge in [0.15, 0.2) is 0 Å². The maximum absolute atomic E-state index is 11.4. The zero-order valence-electron chi connectivity index (χ0n) is 7.22. The van der Waals surface area contributed by atoms with Crippen LogP contribution in [-0.2, 0) is 0 Å². The fraction of sp³-hybridized carbons (Fsp3) is 0. The fourth-order valence-electron chi connectivity index (χ4n) is 1.13. The van der Waals surface area contributed by atoms with Crippen molar-refractivity contribution in [1.29, 1.82) is 0 Å². The first kappa shape index (κ1) is 9.39. The molecule has 0 radical (unpaired) electrons. The molecule has 14 heavy (non-hydrogen) atoms. The van der Waals surface area contributed by atoms with E-state index in [9.17, 15) is 4.79 Å². The SMILES string of the molecule is O=c1ccccn1-c1ccc(I)cn1. The van der Waals surface area contributed by atoms with Crippen LogP contribution < -0.4 is 5.56 Å². The number of hydrogen-bond donors (Lipinski definition) is 0. The van der Waals surface area contributed by atoms with Gasteiger partial charge in [0.2, 0.25) is 0 Å². The summed E-state index contributed by atoms with van der Waals surface area (Å²) in [6.45, 7) is 0. The zero-order valence-corrected chi connectivity index (χ0v) is 9.38. The van der Waals surface area contributed by atoms with Crippen molar-refractivity contribution in [2.24, 2.45) is 0 Å². The highest BCUT2D eigenvalue weighted by molar-refractivity contribution is 14.1. The van der Waals surface area contributed by atoms with Crippen LogP contribution in [0.5, 0.6) is 0 Å². The van der Waals surface area contributed by atoms with Gasteiger partial charge < -0.3 is 0 Å². The smallest absolute Gasteiger partial charge is 0.256 e. The van der Waals surface area contributed by atoms with E-state index < -0.39 is 0 Å². The summed E-state index contributed by atoms with van der Waals surface area (Å²) < 4.78 is 2.56. The van der Waals surface area contributed by atoms with Gasteiger partial charge in [-0.2, -0.15) is 0 Å². The molecule has 4 heteroatoms. The van der Waals surface area contributed by atoms with Crippen LogP contribution in [-0.4, -0.2) is 9.55 Å². The molecule has 0 unspecified atom stereocenters. The van der Waals surface area contributed by atoms with Gasteiger partial charge >= 0.3 is 0 Å². The molecule has 0 atom stereocenters. The molecule has 0 aliphatic carbocycles. The maximum Gasteiger partial charge on any atom is 0.256 e. The summed E-state index contributed by atoms with van der Waals surface area (Å²) in [6.07, 6.45) is 3.44. The van der Waals surface area contributed by atoms with E-state index in [1.54, 1.807) is 24.5 Å². The van der Waals surface area contributed by atoms with Gasteiger partial charge in [0.05, 0.1) is 0 Å². The summed E-state index contributed by atoms with van der Waals surface area (Å²) in [6, 6.07) is 8.78. The Balaban J connectivity index is 2.56. The van der Waals surface area contributed by atoms with Crippen molar-refractivity contribution in [3.8, 4) is 5.82 Å². The van der Waals surface area contributed by atoms with Crippen molar-refractivity contribution in [3.63, 3.8) is 0 Å². The van der Waals surface area contributed by atoms with Crippen LogP contribution >= 0.6 is 22.6 Å². The van der Waals surface area contributed by atoms with Gasteiger partial charge in [-0.05, 0) is 40.8 Å². The molecule has 2 rings (SSSR count). The number of rotatable bonds is 1. The average Bonchev–Trinajstić information content (AvgIpc) is 2.20. The zero-order chi connectivity index (χ0) is 9.97. The highest BCUT2D eigenvalue weighted by atomic mass is 127. The molecule has 3 nitrogen and oxygen atoms in total. The van der Waals surface area contributed by atoms with Crippen molar-refractivity contribution in [1.82, 2.24) is 9.55 Å². The molecule has 2 aromatic heterocycles. The second-order valence-corrected chi connectivity index (χ2v) is 3.99. The van der Waals surface area contributed by atoms with Crippen LogP contribution in [0.4, 0.5) is 0 Å². The number of nitrogens with zero attached hydrogens (tertiary/aromatic N) is 2. The first-order valence-corrected chi connectivity index (χ1v) is 5.15. The third-order valence-corrected chi connectivity index (χ3v) is 2.42. The van der Waals surface area contributed by atoms with E-state index in [-0.39, 0.29) is 5.56 Å². The van der Waals surface area contributed by atoms with Crippen LogP contribution in [0.25, 0.3) is 5.82 Å². The van der Waals surface area contributed by atoms with Crippen molar-refractivity contribution >= 4 is 22.6 Å². The average molecular weight is 298 g/mol. The van der Waals surface area contributed by atoms with Crippen LogP contribution in [0.1, 0.15) is 0 Å². The van der Waals surface area contributed by atoms with E-state index >= 15 is 0 Å². The molecule has 0 aromatic carbocycles. The number of halogens is 1. The Kier molecular flexibility index (Phi) is 2.62. The van der Waals surface area contributed by atoms with Crippen LogP contribution in [0.15, 0.2) is 47.5 Å². The van der Waals surface area contributed by atoms with Gasteiger partial charge in [0.1, 0.15) is 5.82 Å². The topological polar surface area (TPSA) is 34.9 Å². The van der Waals surface area contributed by atoms with Crippen molar-refractivity contribution < 1.29 is 0 Å². The van der Waals surface area contributed by atoms with E-state index in [1.165, 1.54) is 10.6 Å². The molecule has 0 saturated heterocycles. The summed E-state index contributed by atoms with van der Waals surface area (Å²) in [5.41, 5.74) is -0.0683. The largest absolute Gasteiger partial charge is 0.269 e. The van der Waals surface area contributed by atoms with Crippen LogP contribution in [0, 0.1) is 3.57 Å². The molecule has 70 valence electrons. The predicted molar refractivity (Wildman–Crippen MR) is 62.6 cm³/mol. The lowest BCUT2D eigenvalue weighted by Crippen LogP contribution is -2.16. The number of hydrogen-bond acceptors (Lipinski definition) is 2. The molecule has 0 aliphatic rings. The van der Waals surface area contributed by atoms with Crippen molar-refractivity contribution in [2.75, 3.05) is 0 Å². The monoisotopic (exact) mass is 298 g/mol. The van der Waals surface area contributed by atoms with Crippen LogP contribution in [0.2, 0.25) is 0 Å². The Labute approximate surface area is 94.6 Å². The predicted octanol–water partition coefficient (Wildman–Crippen LogP) is 1.84. The highest BCUT2D eigenvalue weighted by Crippen LogP contribution is 2.05. The van der Waals surface area contributed by atoms with Gasteiger partial charge in [-0.25, -0.2) is 4.98 Å². The molecule has 0 bridgehead atoms. The minimum Gasteiger partial charge on any atom is -0.269 e. The van der Waals surface area contributed by atoms with Gasteiger partial charge in [-0.3, -0.25) is 9.36 Å². The maximum atomic E-state index is 11.4. The summed E-state index contributed by atoms with van der Waals surface area (Å²) in [5, 5.41) is 0. The Morgan fingerprint density at radius 1 is 1.21 bits per heavy atom. The van der Waals surface area contributed by atoms with Crippen LogP contribution in [0.3, 0.4) is 0 Å². The molecule has 2 aromatic rings. The van der Waals surface area contributed by atoms with Gasteiger partial charge in [0, 0.05) is 22.0 Å². The fourth-order valence-corrected chi connectivity index (χ4v) is 1.45. The van der Waals surface area contributed by atoms with Crippen molar-refractivity contribution in [3.05, 3.63) is 56.6 Å². The molecule has 0 N–H and O–H groups in total. The lowest BCUT2D eigenvalue weighted by molar-refractivity contribution is 0.939. The molecule has 2 heterocycles. The minimum absolute atomic E-state index is 0.0683. The molecule has 0 aliphatic heterocycles. The Morgan fingerprint density at radius 2 is 2.07 bits per heavy atom. The Morgan fingerprint density at radius 3 is 2.71 bits per heavy atom. The first-order valence-electron chi connectivity index (χ1n) is 4.07. The summed E-state index contributed by atoms with van der Waals surface area (Å²) in [4.78, 5) is 15.6. The highest BCUT2D eigenvalue weighted by Gasteiger charge is 1.98. The molecular formula is C10H7IN2O. The molecular weight excluding hydrogens is 291 g/mol. The number of aromatic nitrogens is 2. The standard InChI is InChI=1S/C10H7IN2O/c11-8-4-5-9(12-7-8)13-6-2-1-3-10(13)14/h1-7H. The third-order valence-electron chi connectivity index (χ3n) is 1.78.